The maximum absolute atomic E-state index is 13.1. The van der Waals surface area contributed by atoms with Crippen molar-refractivity contribution in [3.05, 3.63) is 65.5 Å². The van der Waals surface area contributed by atoms with Gasteiger partial charge in [-0.1, -0.05) is 6.07 Å². The van der Waals surface area contributed by atoms with E-state index in [0.29, 0.717) is 18.7 Å². The minimum absolute atomic E-state index is 0.0329. The van der Waals surface area contributed by atoms with Gasteiger partial charge in [0, 0.05) is 37.6 Å². The molecular weight excluding hydrogens is 260 g/mol. The molecule has 0 fully saturated rings. The lowest BCUT2D eigenvalue weighted by Crippen LogP contribution is -2.37. The molecule has 1 aromatic carbocycles. The van der Waals surface area contributed by atoms with Crippen LogP contribution in [0.2, 0.25) is 0 Å². The van der Waals surface area contributed by atoms with Gasteiger partial charge in [0.05, 0.1) is 0 Å². The van der Waals surface area contributed by atoms with Gasteiger partial charge in [-0.3, -0.25) is 4.98 Å². The first-order chi connectivity index (χ1) is 9.67. The van der Waals surface area contributed by atoms with Crippen LogP contribution in [0.25, 0.3) is 0 Å². The van der Waals surface area contributed by atoms with Gasteiger partial charge in [-0.15, -0.1) is 0 Å². The SMILES string of the molecule is NCC(Cc1cccnc1)NCc1cc(F)cc(F)c1. The van der Waals surface area contributed by atoms with Gasteiger partial charge in [-0.2, -0.15) is 0 Å². The highest BCUT2D eigenvalue weighted by atomic mass is 19.1. The number of rotatable bonds is 6. The van der Waals surface area contributed by atoms with E-state index in [1.165, 1.54) is 12.1 Å². The number of hydrogen-bond donors (Lipinski definition) is 2. The third-order valence-electron chi connectivity index (χ3n) is 3.01. The first kappa shape index (κ1) is 14.6. The summed E-state index contributed by atoms with van der Waals surface area (Å²) < 4.78 is 26.2. The zero-order valence-corrected chi connectivity index (χ0v) is 11.0. The lowest BCUT2D eigenvalue weighted by atomic mass is 10.1. The molecule has 1 heterocycles. The van der Waals surface area contributed by atoms with Gasteiger partial charge in [0.2, 0.25) is 0 Å². The molecule has 0 saturated heterocycles. The van der Waals surface area contributed by atoms with Gasteiger partial charge < -0.3 is 11.1 Å². The van der Waals surface area contributed by atoms with Crippen molar-refractivity contribution in [3.63, 3.8) is 0 Å². The number of hydrogen-bond acceptors (Lipinski definition) is 3. The molecule has 0 radical (unpaired) electrons. The molecule has 2 rings (SSSR count). The molecule has 0 aliphatic heterocycles. The predicted molar refractivity (Wildman–Crippen MR) is 74.0 cm³/mol. The Kier molecular flexibility index (Phi) is 5.15. The standard InChI is InChI=1S/C15H17F2N3/c16-13-4-12(5-14(17)7-13)10-20-15(8-18)6-11-2-1-3-19-9-11/h1-5,7,9,15,20H,6,8,10,18H2. The smallest absolute Gasteiger partial charge is 0.126 e. The predicted octanol–water partition coefficient (Wildman–Crippen LogP) is 2.02. The third-order valence-corrected chi connectivity index (χ3v) is 3.01. The van der Waals surface area contributed by atoms with Crippen LogP contribution in [-0.2, 0) is 13.0 Å². The summed E-state index contributed by atoms with van der Waals surface area (Å²) in [5.41, 5.74) is 7.35. The monoisotopic (exact) mass is 277 g/mol. The third kappa shape index (κ3) is 4.36. The summed E-state index contributed by atoms with van der Waals surface area (Å²) in [5.74, 6) is -1.14. The normalized spacial score (nSPS) is 12.3. The molecule has 106 valence electrons. The fourth-order valence-electron chi connectivity index (χ4n) is 2.02. The van der Waals surface area contributed by atoms with Gasteiger partial charge in [0.15, 0.2) is 0 Å². The van der Waals surface area contributed by atoms with Crippen LogP contribution in [-0.4, -0.2) is 17.6 Å². The second-order valence-electron chi connectivity index (χ2n) is 4.66. The quantitative estimate of drug-likeness (QED) is 0.849. The summed E-state index contributed by atoms with van der Waals surface area (Å²) in [6.45, 7) is 0.809. The van der Waals surface area contributed by atoms with E-state index >= 15 is 0 Å². The van der Waals surface area contributed by atoms with E-state index in [4.69, 9.17) is 5.73 Å². The van der Waals surface area contributed by atoms with Crippen molar-refractivity contribution in [1.82, 2.24) is 10.3 Å². The molecule has 5 heteroatoms. The maximum atomic E-state index is 13.1. The molecule has 0 bridgehead atoms. The Morgan fingerprint density at radius 3 is 2.50 bits per heavy atom. The Labute approximate surface area is 116 Å². The van der Waals surface area contributed by atoms with Gasteiger partial charge >= 0.3 is 0 Å². The number of nitrogens with two attached hydrogens (primary N) is 1. The summed E-state index contributed by atoms with van der Waals surface area (Å²) in [4.78, 5) is 4.05. The van der Waals surface area contributed by atoms with Gasteiger partial charge in [0.1, 0.15) is 11.6 Å². The molecule has 0 saturated carbocycles. The molecule has 1 aromatic heterocycles. The second kappa shape index (κ2) is 7.07. The highest BCUT2D eigenvalue weighted by Gasteiger charge is 2.08. The average Bonchev–Trinajstić information content (AvgIpc) is 2.43. The number of benzene rings is 1. The molecular formula is C15H17F2N3. The lowest BCUT2D eigenvalue weighted by Gasteiger charge is -2.17. The van der Waals surface area contributed by atoms with E-state index < -0.39 is 11.6 Å². The van der Waals surface area contributed by atoms with Crippen molar-refractivity contribution in [2.45, 2.75) is 19.0 Å². The molecule has 1 unspecified atom stereocenters. The molecule has 2 aromatic rings. The molecule has 0 aliphatic carbocycles. The van der Waals surface area contributed by atoms with Crippen LogP contribution in [0.4, 0.5) is 8.78 Å². The number of aromatic nitrogens is 1. The molecule has 1 atom stereocenters. The first-order valence-electron chi connectivity index (χ1n) is 6.44. The van der Waals surface area contributed by atoms with Crippen molar-refractivity contribution in [3.8, 4) is 0 Å². The van der Waals surface area contributed by atoms with Crippen LogP contribution in [0.5, 0.6) is 0 Å². The highest BCUT2D eigenvalue weighted by Crippen LogP contribution is 2.08. The summed E-state index contributed by atoms with van der Waals surface area (Å²) in [6.07, 6.45) is 4.22. The molecule has 0 spiro atoms. The van der Waals surface area contributed by atoms with Crippen LogP contribution in [0.3, 0.4) is 0 Å². The fraction of sp³-hybridized carbons (Fsp3) is 0.267. The lowest BCUT2D eigenvalue weighted by molar-refractivity contribution is 0.510. The minimum atomic E-state index is -0.571. The van der Waals surface area contributed by atoms with E-state index in [0.717, 1.165) is 18.1 Å². The van der Waals surface area contributed by atoms with Gasteiger partial charge in [-0.25, -0.2) is 8.78 Å². The Morgan fingerprint density at radius 2 is 1.90 bits per heavy atom. The van der Waals surface area contributed by atoms with Crippen molar-refractivity contribution >= 4 is 0 Å². The second-order valence-corrected chi connectivity index (χ2v) is 4.66. The van der Waals surface area contributed by atoms with E-state index in [1.807, 2.05) is 12.1 Å². The van der Waals surface area contributed by atoms with Crippen LogP contribution >= 0.6 is 0 Å². The summed E-state index contributed by atoms with van der Waals surface area (Å²) >= 11 is 0. The average molecular weight is 277 g/mol. The van der Waals surface area contributed by atoms with Crippen LogP contribution in [0.15, 0.2) is 42.7 Å². The van der Waals surface area contributed by atoms with E-state index in [9.17, 15) is 8.78 Å². The van der Waals surface area contributed by atoms with Crippen molar-refractivity contribution in [2.24, 2.45) is 5.73 Å². The van der Waals surface area contributed by atoms with Crippen LogP contribution in [0, 0.1) is 11.6 Å². The zero-order valence-electron chi connectivity index (χ0n) is 11.0. The number of halogens is 2. The van der Waals surface area contributed by atoms with E-state index in [1.54, 1.807) is 12.4 Å². The maximum Gasteiger partial charge on any atom is 0.126 e. The van der Waals surface area contributed by atoms with Crippen LogP contribution in [0.1, 0.15) is 11.1 Å². The Bertz CT molecular complexity index is 526. The fourth-order valence-corrected chi connectivity index (χ4v) is 2.02. The molecule has 3 N–H and O–H groups in total. The summed E-state index contributed by atoms with van der Waals surface area (Å²) in [5, 5.41) is 3.20. The van der Waals surface area contributed by atoms with E-state index in [2.05, 4.69) is 10.3 Å². The van der Waals surface area contributed by atoms with Crippen molar-refractivity contribution in [2.75, 3.05) is 6.54 Å². The minimum Gasteiger partial charge on any atom is -0.329 e. The largest absolute Gasteiger partial charge is 0.329 e. The Morgan fingerprint density at radius 1 is 1.15 bits per heavy atom. The van der Waals surface area contributed by atoms with Crippen molar-refractivity contribution in [1.29, 1.82) is 0 Å². The van der Waals surface area contributed by atoms with Crippen LogP contribution < -0.4 is 11.1 Å². The highest BCUT2D eigenvalue weighted by molar-refractivity contribution is 5.18. The zero-order chi connectivity index (χ0) is 14.4. The molecule has 0 amide bonds. The number of nitrogens with one attached hydrogen (secondary N) is 1. The number of nitrogens with zero attached hydrogens (tertiary/aromatic N) is 1. The topological polar surface area (TPSA) is 50.9 Å². The molecule has 3 nitrogen and oxygen atoms in total. The number of pyridine rings is 1. The van der Waals surface area contributed by atoms with E-state index in [-0.39, 0.29) is 6.04 Å². The molecule has 0 aliphatic rings. The van der Waals surface area contributed by atoms with Gasteiger partial charge in [0.25, 0.3) is 0 Å². The molecule has 20 heavy (non-hydrogen) atoms. The summed E-state index contributed by atoms with van der Waals surface area (Å²) in [7, 11) is 0. The van der Waals surface area contributed by atoms with Gasteiger partial charge in [-0.05, 0) is 35.7 Å². The first-order valence-corrected chi connectivity index (χ1v) is 6.44. The van der Waals surface area contributed by atoms with Crippen molar-refractivity contribution < 1.29 is 8.78 Å². The summed E-state index contributed by atoms with van der Waals surface area (Å²) in [6, 6.07) is 7.36. The Balaban J connectivity index is 1.93. The Hall–Kier alpha value is -1.85.